The van der Waals surface area contributed by atoms with E-state index in [0.717, 1.165) is 65.0 Å². The molecule has 22 heavy (non-hydrogen) atoms. The number of fused-ring (bicyclic) bond motifs is 1. The third-order valence-corrected chi connectivity index (χ3v) is 5.48. The number of carbonyl (C=O) groups is 1. The molecular formula is C18H29NO3. The van der Waals surface area contributed by atoms with Gasteiger partial charge in [-0.1, -0.05) is 12.2 Å². The van der Waals surface area contributed by atoms with Gasteiger partial charge in [0.25, 0.3) is 0 Å². The zero-order valence-corrected chi connectivity index (χ0v) is 13.8. The molecule has 0 aromatic carbocycles. The van der Waals surface area contributed by atoms with Crippen molar-refractivity contribution in [3.8, 4) is 0 Å². The van der Waals surface area contributed by atoms with Gasteiger partial charge in [-0.2, -0.15) is 0 Å². The summed E-state index contributed by atoms with van der Waals surface area (Å²) in [5.74, 6) is 0.770. The molecule has 2 saturated heterocycles. The molecule has 1 amide bonds. The molecule has 0 aromatic rings. The first-order chi connectivity index (χ1) is 10.7. The molecule has 0 radical (unpaired) electrons. The van der Waals surface area contributed by atoms with Gasteiger partial charge in [0.15, 0.2) is 0 Å². The topological polar surface area (TPSA) is 38.8 Å². The standard InChI is InChI=1S/C18H29NO3/c1-2-21-14-18-9-5-11-22-16(18)8-10-19(13-18)17(20)12-15-6-3-4-7-15/h3,6,15-16H,2,4-5,7-14H2,1H3/t15-,16+,18+/m0/s1. The van der Waals surface area contributed by atoms with Crippen molar-refractivity contribution in [2.75, 3.05) is 32.9 Å². The van der Waals surface area contributed by atoms with Crippen molar-refractivity contribution in [1.82, 2.24) is 4.90 Å². The Morgan fingerprint density at radius 2 is 2.36 bits per heavy atom. The summed E-state index contributed by atoms with van der Waals surface area (Å²) >= 11 is 0. The molecule has 4 nitrogen and oxygen atoms in total. The molecule has 4 heteroatoms. The van der Waals surface area contributed by atoms with Crippen LogP contribution in [0.15, 0.2) is 12.2 Å². The highest BCUT2D eigenvalue weighted by Crippen LogP contribution is 2.40. The van der Waals surface area contributed by atoms with E-state index in [2.05, 4.69) is 17.1 Å². The van der Waals surface area contributed by atoms with Gasteiger partial charge >= 0.3 is 0 Å². The summed E-state index contributed by atoms with van der Waals surface area (Å²) in [7, 11) is 0. The lowest BCUT2D eigenvalue weighted by Crippen LogP contribution is -2.58. The zero-order chi connectivity index (χ0) is 15.4. The second kappa shape index (κ2) is 7.14. The molecule has 3 rings (SSSR count). The summed E-state index contributed by atoms with van der Waals surface area (Å²) in [6, 6.07) is 0. The van der Waals surface area contributed by atoms with Gasteiger partial charge in [-0.05, 0) is 44.9 Å². The number of amides is 1. The summed E-state index contributed by atoms with van der Waals surface area (Å²) in [5.41, 5.74) is 0.0215. The molecule has 0 saturated carbocycles. The van der Waals surface area contributed by atoms with Gasteiger partial charge in [0.2, 0.25) is 5.91 Å². The second-order valence-corrected chi connectivity index (χ2v) is 7.04. The third kappa shape index (κ3) is 3.38. The highest BCUT2D eigenvalue weighted by atomic mass is 16.5. The van der Waals surface area contributed by atoms with Crippen molar-refractivity contribution in [3.05, 3.63) is 12.2 Å². The largest absolute Gasteiger partial charge is 0.381 e. The normalized spacial score (nSPS) is 34.7. The van der Waals surface area contributed by atoms with Crippen LogP contribution < -0.4 is 0 Å². The summed E-state index contributed by atoms with van der Waals surface area (Å²) in [4.78, 5) is 14.7. The Morgan fingerprint density at radius 3 is 3.14 bits per heavy atom. The molecule has 0 aromatic heterocycles. The average molecular weight is 307 g/mol. The Hall–Kier alpha value is -0.870. The van der Waals surface area contributed by atoms with Crippen LogP contribution in [0.4, 0.5) is 0 Å². The van der Waals surface area contributed by atoms with E-state index in [1.807, 2.05) is 6.92 Å². The van der Waals surface area contributed by atoms with Gasteiger partial charge in [-0.15, -0.1) is 0 Å². The Bertz CT molecular complexity index is 423. The fourth-order valence-electron chi connectivity index (χ4n) is 4.24. The van der Waals surface area contributed by atoms with Crippen molar-refractivity contribution in [2.45, 2.75) is 51.6 Å². The van der Waals surface area contributed by atoms with Crippen LogP contribution in [0.2, 0.25) is 0 Å². The van der Waals surface area contributed by atoms with Crippen molar-refractivity contribution in [3.63, 3.8) is 0 Å². The predicted molar refractivity (Wildman–Crippen MR) is 85.6 cm³/mol. The lowest BCUT2D eigenvalue weighted by atomic mass is 9.73. The number of ether oxygens (including phenoxy) is 2. The maximum absolute atomic E-state index is 12.7. The zero-order valence-electron chi connectivity index (χ0n) is 13.8. The van der Waals surface area contributed by atoms with Crippen LogP contribution in [0.5, 0.6) is 0 Å². The Labute approximate surface area is 133 Å². The number of hydrogen-bond acceptors (Lipinski definition) is 3. The smallest absolute Gasteiger partial charge is 0.223 e. The van der Waals surface area contributed by atoms with E-state index >= 15 is 0 Å². The number of carbonyl (C=O) groups excluding carboxylic acids is 1. The van der Waals surface area contributed by atoms with E-state index in [9.17, 15) is 4.79 Å². The molecule has 3 atom stereocenters. The minimum Gasteiger partial charge on any atom is -0.381 e. The first-order valence-corrected chi connectivity index (χ1v) is 8.87. The van der Waals surface area contributed by atoms with Crippen LogP contribution in [0.1, 0.15) is 45.4 Å². The van der Waals surface area contributed by atoms with Gasteiger partial charge in [-0.3, -0.25) is 4.79 Å². The van der Waals surface area contributed by atoms with Gasteiger partial charge in [0, 0.05) is 38.1 Å². The highest BCUT2D eigenvalue weighted by Gasteiger charge is 2.47. The van der Waals surface area contributed by atoms with Crippen molar-refractivity contribution < 1.29 is 14.3 Å². The lowest BCUT2D eigenvalue weighted by Gasteiger charge is -2.50. The maximum Gasteiger partial charge on any atom is 0.223 e. The maximum atomic E-state index is 12.7. The number of rotatable bonds is 5. The van der Waals surface area contributed by atoms with E-state index in [-0.39, 0.29) is 11.5 Å². The first-order valence-electron chi connectivity index (χ1n) is 8.87. The fourth-order valence-corrected chi connectivity index (χ4v) is 4.24. The number of likely N-dealkylation sites (tertiary alicyclic amines) is 1. The Balaban J connectivity index is 1.64. The predicted octanol–water partition coefficient (Wildman–Crippen LogP) is 2.78. The molecular weight excluding hydrogens is 278 g/mol. The summed E-state index contributed by atoms with van der Waals surface area (Å²) in [6.45, 7) is 6.00. The van der Waals surface area contributed by atoms with E-state index < -0.39 is 0 Å². The number of nitrogens with zero attached hydrogens (tertiary/aromatic N) is 1. The van der Waals surface area contributed by atoms with Crippen LogP contribution in [0.3, 0.4) is 0 Å². The highest BCUT2D eigenvalue weighted by molar-refractivity contribution is 5.77. The van der Waals surface area contributed by atoms with Crippen molar-refractivity contribution in [1.29, 1.82) is 0 Å². The van der Waals surface area contributed by atoms with E-state index in [1.54, 1.807) is 0 Å². The fraction of sp³-hybridized carbons (Fsp3) is 0.833. The van der Waals surface area contributed by atoms with E-state index in [0.29, 0.717) is 18.2 Å². The number of allylic oxidation sites excluding steroid dienone is 2. The van der Waals surface area contributed by atoms with Crippen molar-refractivity contribution in [2.24, 2.45) is 11.3 Å². The Morgan fingerprint density at radius 1 is 1.45 bits per heavy atom. The molecule has 2 fully saturated rings. The average Bonchev–Trinajstić information content (AvgIpc) is 3.05. The van der Waals surface area contributed by atoms with Gasteiger partial charge in [0.1, 0.15) is 0 Å². The molecule has 1 aliphatic carbocycles. The number of piperidine rings is 1. The SMILES string of the molecule is CCOC[C@]12CCCO[C@@H]1CCN(C(=O)C[C@H]1C=CCC1)C2. The summed E-state index contributed by atoms with van der Waals surface area (Å²) in [5, 5.41) is 0. The molecule has 0 unspecified atom stereocenters. The summed E-state index contributed by atoms with van der Waals surface area (Å²) in [6.07, 6.45) is 10.8. The van der Waals surface area contributed by atoms with Gasteiger partial charge in [0.05, 0.1) is 12.7 Å². The molecule has 0 spiro atoms. The summed E-state index contributed by atoms with van der Waals surface area (Å²) < 4.78 is 11.8. The van der Waals surface area contributed by atoms with E-state index in [1.165, 1.54) is 0 Å². The molecule has 3 aliphatic rings. The van der Waals surface area contributed by atoms with E-state index in [4.69, 9.17) is 9.47 Å². The minimum atomic E-state index is 0.0215. The van der Waals surface area contributed by atoms with Crippen molar-refractivity contribution >= 4 is 5.91 Å². The molecule has 0 bridgehead atoms. The van der Waals surface area contributed by atoms with Crippen LogP contribution in [-0.4, -0.2) is 49.8 Å². The van der Waals surface area contributed by atoms with Crippen LogP contribution in [-0.2, 0) is 14.3 Å². The van der Waals surface area contributed by atoms with Crippen LogP contribution in [0.25, 0.3) is 0 Å². The van der Waals surface area contributed by atoms with Crippen LogP contribution in [0, 0.1) is 11.3 Å². The molecule has 2 heterocycles. The molecule has 0 N–H and O–H groups in total. The van der Waals surface area contributed by atoms with Gasteiger partial charge < -0.3 is 14.4 Å². The first kappa shape index (κ1) is 16.0. The monoisotopic (exact) mass is 307 g/mol. The quantitative estimate of drug-likeness (QED) is 0.733. The second-order valence-electron chi connectivity index (χ2n) is 7.04. The number of hydrogen-bond donors (Lipinski definition) is 0. The lowest BCUT2D eigenvalue weighted by molar-refractivity contribution is -0.164. The van der Waals surface area contributed by atoms with Crippen LogP contribution >= 0.6 is 0 Å². The molecule has 2 aliphatic heterocycles. The van der Waals surface area contributed by atoms with Gasteiger partial charge in [-0.25, -0.2) is 0 Å². The minimum absolute atomic E-state index is 0.0215. The molecule has 124 valence electrons. The third-order valence-electron chi connectivity index (χ3n) is 5.48. The Kier molecular flexibility index (Phi) is 5.19.